The largest absolute Gasteiger partial charge is 0.364 e. The third kappa shape index (κ3) is 3.57. The van der Waals surface area contributed by atoms with Crippen LogP contribution in [0.4, 0.5) is 5.69 Å². The number of pyridine rings is 1. The van der Waals surface area contributed by atoms with Gasteiger partial charge in [0.05, 0.1) is 11.7 Å². The number of anilines is 1. The van der Waals surface area contributed by atoms with E-state index >= 15 is 0 Å². The Labute approximate surface area is 188 Å². The maximum Gasteiger partial charge on any atom is 0.0739 e. The molecule has 3 aromatic rings. The van der Waals surface area contributed by atoms with Crippen LogP contribution < -0.4 is 4.90 Å². The number of benzene rings is 2. The number of fused-ring (bicyclic) bond motifs is 2. The van der Waals surface area contributed by atoms with Gasteiger partial charge in [-0.2, -0.15) is 0 Å². The molecule has 1 aromatic heterocycles. The van der Waals surface area contributed by atoms with E-state index in [1.807, 2.05) is 23.7 Å². The Morgan fingerprint density at radius 1 is 0.967 bits per heavy atom. The average molecular weight is 431 g/mol. The highest BCUT2D eigenvalue weighted by Crippen LogP contribution is 2.40. The molecule has 0 amide bonds. The Hall–Kier alpha value is -2.49. The first-order chi connectivity index (χ1) is 14.7. The van der Waals surface area contributed by atoms with Crippen molar-refractivity contribution in [2.75, 3.05) is 11.4 Å². The van der Waals surface area contributed by atoms with E-state index in [1.165, 1.54) is 33.5 Å². The molecule has 0 spiro atoms. The summed E-state index contributed by atoms with van der Waals surface area (Å²) in [5.74, 6) is 0. The maximum absolute atomic E-state index is 6.35. The Balaban J connectivity index is 1.63. The first kappa shape index (κ1) is 19.5. The minimum absolute atomic E-state index is 0.199. The fourth-order valence-electron chi connectivity index (χ4n) is 4.81. The average Bonchev–Trinajstić information content (AvgIpc) is 2.96. The van der Waals surface area contributed by atoms with Crippen LogP contribution in [0.5, 0.6) is 0 Å². The zero-order valence-electron chi connectivity index (χ0n) is 16.7. The van der Waals surface area contributed by atoms with Gasteiger partial charge in [0.15, 0.2) is 0 Å². The molecule has 2 nitrogen and oxygen atoms in total. The summed E-state index contributed by atoms with van der Waals surface area (Å²) in [6.07, 6.45) is 5.81. The topological polar surface area (TPSA) is 16.1 Å². The van der Waals surface area contributed by atoms with Crippen LogP contribution in [0.2, 0.25) is 5.02 Å². The zero-order chi connectivity index (χ0) is 20.5. The first-order valence-electron chi connectivity index (χ1n) is 10.5. The molecule has 2 heterocycles. The second-order valence-corrected chi connectivity index (χ2v) is 8.69. The van der Waals surface area contributed by atoms with E-state index in [0.29, 0.717) is 0 Å². The highest BCUT2D eigenvalue weighted by atomic mass is 35.5. The Morgan fingerprint density at radius 2 is 1.80 bits per heavy atom. The highest BCUT2D eigenvalue weighted by molar-refractivity contribution is 7.79. The molecule has 1 aliphatic heterocycles. The van der Waals surface area contributed by atoms with Crippen LogP contribution in [0, 0.1) is 0 Å². The second kappa shape index (κ2) is 8.33. The minimum Gasteiger partial charge on any atom is -0.364 e. The first-order valence-corrected chi connectivity index (χ1v) is 11.3. The van der Waals surface area contributed by atoms with Gasteiger partial charge in [0.1, 0.15) is 0 Å². The molecule has 1 fully saturated rings. The summed E-state index contributed by atoms with van der Waals surface area (Å²) in [4.78, 5) is 7.27. The molecule has 5 rings (SSSR count). The molecule has 0 N–H and O–H groups in total. The van der Waals surface area contributed by atoms with Gasteiger partial charge in [-0.15, -0.1) is 0 Å². The van der Waals surface area contributed by atoms with Gasteiger partial charge in [-0.05, 0) is 72.7 Å². The van der Waals surface area contributed by atoms with Crippen molar-refractivity contribution in [3.63, 3.8) is 0 Å². The van der Waals surface area contributed by atoms with Crippen molar-refractivity contribution in [3.05, 3.63) is 99.8 Å². The predicted octanol–water partition coefficient (Wildman–Crippen LogP) is 6.30. The van der Waals surface area contributed by atoms with Gasteiger partial charge in [0.2, 0.25) is 0 Å². The lowest BCUT2D eigenvalue weighted by Gasteiger charge is -2.37. The lowest BCUT2D eigenvalue weighted by Crippen LogP contribution is -2.41. The lowest BCUT2D eigenvalue weighted by atomic mass is 9.86. The van der Waals surface area contributed by atoms with Gasteiger partial charge in [0, 0.05) is 34.4 Å². The number of thiocarbonyl (C=S) groups is 1. The van der Waals surface area contributed by atoms with Gasteiger partial charge in [-0.25, -0.2) is 0 Å². The van der Waals surface area contributed by atoms with Crippen molar-refractivity contribution < 1.29 is 0 Å². The van der Waals surface area contributed by atoms with E-state index < -0.39 is 0 Å². The van der Waals surface area contributed by atoms with Crippen LogP contribution in [0.25, 0.3) is 5.57 Å². The minimum atomic E-state index is 0.199. The number of para-hydroxylation sites is 1. The summed E-state index contributed by atoms with van der Waals surface area (Å²) < 4.78 is 0. The number of halogens is 1. The van der Waals surface area contributed by atoms with E-state index in [2.05, 4.69) is 53.4 Å². The number of aryl methyl sites for hydroxylation is 2. The molecular weight excluding hydrogens is 408 g/mol. The van der Waals surface area contributed by atoms with Gasteiger partial charge in [0.25, 0.3) is 0 Å². The molecule has 2 aromatic carbocycles. The molecule has 1 atom stereocenters. The van der Waals surface area contributed by atoms with Crippen LogP contribution in [-0.4, -0.2) is 22.9 Å². The summed E-state index contributed by atoms with van der Waals surface area (Å²) >= 11 is 11.8. The third-order valence-corrected chi connectivity index (χ3v) is 6.79. The molecule has 150 valence electrons. The number of hydrogen-bond acceptors (Lipinski definition) is 3. The summed E-state index contributed by atoms with van der Waals surface area (Å²) in [5, 5.41) is 2.72. The lowest BCUT2D eigenvalue weighted by molar-refractivity contribution is 0.637. The molecule has 0 saturated carbocycles. The summed E-state index contributed by atoms with van der Waals surface area (Å²) in [7, 11) is 0. The number of nitrogens with zero attached hydrogens (tertiary/aromatic N) is 2. The number of hydrogen-bond donors (Lipinski definition) is 0. The molecule has 1 unspecified atom stereocenters. The third-order valence-electron chi connectivity index (χ3n) is 6.24. The van der Waals surface area contributed by atoms with Crippen molar-refractivity contribution in [3.8, 4) is 0 Å². The van der Waals surface area contributed by atoms with E-state index in [-0.39, 0.29) is 6.04 Å². The maximum atomic E-state index is 6.35. The van der Waals surface area contributed by atoms with Crippen LogP contribution >= 0.6 is 23.8 Å². The van der Waals surface area contributed by atoms with Crippen molar-refractivity contribution in [2.45, 2.75) is 31.7 Å². The van der Waals surface area contributed by atoms with Crippen molar-refractivity contribution >= 4 is 40.4 Å². The molecular formula is C26H23ClN2S. The normalized spacial score (nSPS) is 20.8. The standard InChI is InChI=1S/C26H23ClN2S/c27-21-10-11-24-19(15-21)9-8-18-5-4-13-28-26(18)25(24)20-12-14-29(23(16-20)17-30)22-6-2-1-3-7-22/h1-7,10-11,13,15,17,23H,8-9,12,14,16H2/b25-20-. The summed E-state index contributed by atoms with van der Waals surface area (Å²) in [6, 6.07) is 21.4. The van der Waals surface area contributed by atoms with Gasteiger partial charge >= 0.3 is 0 Å². The monoisotopic (exact) mass is 430 g/mol. The van der Waals surface area contributed by atoms with Crippen molar-refractivity contribution in [1.82, 2.24) is 4.98 Å². The molecule has 0 radical (unpaired) electrons. The second-order valence-electron chi connectivity index (χ2n) is 7.98. The predicted molar refractivity (Wildman–Crippen MR) is 130 cm³/mol. The number of aromatic nitrogens is 1. The zero-order valence-corrected chi connectivity index (χ0v) is 18.3. The van der Waals surface area contributed by atoms with E-state index in [1.54, 1.807) is 0 Å². The van der Waals surface area contributed by atoms with Crippen molar-refractivity contribution in [2.24, 2.45) is 0 Å². The SMILES string of the molecule is S=CC1C/C(=C2/c3ccc(Cl)cc3CCc3cccnc32)CCN1c1ccccc1. The fraction of sp³-hybridized carbons (Fsp3) is 0.231. The molecule has 2 aliphatic rings. The van der Waals surface area contributed by atoms with E-state index in [4.69, 9.17) is 28.8 Å². The molecule has 1 saturated heterocycles. The van der Waals surface area contributed by atoms with Gasteiger partial charge in [-0.3, -0.25) is 4.98 Å². The smallest absolute Gasteiger partial charge is 0.0739 e. The fourth-order valence-corrected chi connectivity index (χ4v) is 5.25. The van der Waals surface area contributed by atoms with Crippen LogP contribution in [-0.2, 0) is 12.8 Å². The molecule has 0 bridgehead atoms. The quantitative estimate of drug-likeness (QED) is 0.443. The van der Waals surface area contributed by atoms with Gasteiger partial charge in [-0.1, -0.05) is 59.7 Å². The molecule has 1 aliphatic carbocycles. The van der Waals surface area contributed by atoms with Crippen molar-refractivity contribution in [1.29, 1.82) is 0 Å². The molecule has 4 heteroatoms. The Morgan fingerprint density at radius 3 is 2.63 bits per heavy atom. The van der Waals surface area contributed by atoms with Gasteiger partial charge < -0.3 is 4.90 Å². The number of piperidine rings is 1. The highest BCUT2D eigenvalue weighted by Gasteiger charge is 2.29. The molecule has 30 heavy (non-hydrogen) atoms. The van der Waals surface area contributed by atoms with Crippen LogP contribution in [0.3, 0.4) is 0 Å². The summed E-state index contributed by atoms with van der Waals surface area (Å²) in [6.45, 7) is 0.950. The Bertz CT molecular complexity index is 1120. The Kier molecular flexibility index (Phi) is 5.41. The van der Waals surface area contributed by atoms with E-state index in [9.17, 15) is 0 Å². The number of rotatable bonds is 2. The van der Waals surface area contributed by atoms with Crippen LogP contribution in [0.1, 0.15) is 35.2 Å². The van der Waals surface area contributed by atoms with Crippen LogP contribution in [0.15, 0.2) is 72.4 Å². The van der Waals surface area contributed by atoms with E-state index in [0.717, 1.165) is 42.9 Å². The summed E-state index contributed by atoms with van der Waals surface area (Å²) in [5.41, 5.74) is 9.01.